The van der Waals surface area contributed by atoms with E-state index in [9.17, 15) is 14.7 Å². The Hall–Kier alpha value is -3.66. The number of hydrogen-bond acceptors (Lipinski definition) is 4. The van der Waals surface area contributed by atoms with Gasteiger partial charge in [0.2, 0.25) is 0 Å². The second-order valence-corrected chi connectivity index (χ2v) is 8.67. The van der Waals surface area contributed by atoms with Crippen LogP contribution in [0.1, 0.15) is 51.4 Å². The molecule has 5 rings (SSSR count). The lowest BCUT2D eigenvalue weighted by molar-refractivity contribution is -0.122. The number of aliphatic hydroxyl groups excluding tert-OH is 1. The summed E-state index contributed by atoms with van der Waals surface area (Å²) >= 11 is 0. The number of rotatable bonds is 4. The molecule has 1 heterocycles. The summed E-state index contributed by atoms with van der Waals surface area (Å²) in [5.41, 5.74) is -0.0413. The van der Waals surface area contributed by atoms with Crippen LogP contribution in [0.3, 0.4) is 0 Å². The number of Topliss-reactive ketones (excluding diaryl/α,β-unsaturated/α-hetero) is 1. The lowest BCUT2D eigenvalue weighted by Gasteiger charge is -2.35. The van der Waals surface area contributed by atoms with Crippen molar-refractivity contribution in [2.75, 3.05) is 0 Å². The van der Waals surface area contributed by atoms with Crippen LogP contribution in [0.25, 0.3) is 38.6 Å². The predicted octanol–water partition coefficient (Wildman–Crippen LogP) is 6.93. The molecule has 1 aliphatic rings. The van der Waals surface area contributed by atoms with Crippen molar-refractivity contribution in [3.63, 3.8) is 0 Å². The molecule has 3 aromatic carbocycles. The molecule has 0 spiro atoms. The summed E-state index contributed by atoms with van der Waals surface area (Å²) in [7, 11) is 0. The highest BCUT2D eigenvalue weighted by Crippen LogP contribution is 2.46. The van der Waals surface area contributed by atoms with Crippen molar-refractivity contribution in [1.29, 1.82) is 0 Å². The Balaban J connectivity index is 1.93. The first-order valence-corrected chi connectivity index (χ1v) is 11.5. The first-order valence-electron chi connectivity index (χ1n) is 11.5. The van der Waals surface area contributed by atoms with Crippen LogP contribution < -0.4 is 5.43 Å². The molecule has 166 valence electrons. The molecule has 0 amide bonds. The van der Waals surface area contributed by atoms with Crippen molar-refractivity contribution in [3.05, 3.63) is 87.8 Å². The second-order valence-electron chi connectivity index (χ2n) is 8.67. The van der Waals surface area contributed by atoms with E-state index < -0.39 is 5.41 Å². The maximum atomic E-state index is 13.5. The SMILES string of the molecule is CCC1=C(O)c2c(oc(-c3c4ccccc4cc4ccccc34)cc2=O)C(CC)(CC)C1=O. The first-order chi connectivity index (χ1) is 16.0. The molecule has 33 heavy (non-hydrogen) atoms. The van der Waals surface area contributed by atoms with Gasteiger partial charge >= 0.3 is 0 Å². The molecule has 0 unspecified atom stereocenters. The van der Waals surface area contributed by atoms with E-state index >= 15 is 0 Å². The fourth-order valence-corrected chi connectivity index (χ4v) is 5.33. The van der Waals surface area contributed by atoms with Crippen molar-refractivity contribution in [2.24, 2.45) is 0 Å². The third-order valence-electron chi connectivity index (χ3n) is 7.19. The van der Waals surface area contributed by atoms with Gasteiger partial charge in [-0.3, -0.25) is 9.59 Å². The maximum absolute atomic E-state index is 13.5. The Labute approximate surface area is 192 Å². The van der Waals surface area contributed by atoms with Gasteiger partial charge in [-0.2, -0.15) is 0 Å². The van der Waals surface area contributed by atoms with Gasteiger partial charge in [0.1, 0.15) is 22.8 Å². The molecule has 4 heteroatoms. The summed E-state index contributed by atoms with van der Waals surface area (Å²) < 4.78 is 6.50. The van der Waals surface area contributed by atoms with Crippen molar-refractivity contribution in [1.82, 2.24) is 0 Å². The summed E-state index contributed by atoms with van der Waals surface area (Å²) in [6, 6.07) is 19.6. The molecule has 0 saturated carbocycles. The van der Waals surface area contributed by atoms with Gasteiger partial charge < -0.3 is 9.52 Å². The van der Waals surface area contributed by atoms with Gasteiger partial charge in [-0.1, -0.05) is 69.3 Å². The van der Waals surface area contributed by atoms with Crippen LogP contribution >= 0.6 is 0 Å². The van der Waals surface area contributed by atoms with Gasteiger partial charge in [0, 0.05) is 17.2 Å². The molecule has 0 atom stereocenters. The summed E-state index contributed by atoms with van der Waals surface area (Å²) in [5.74, 6) is 0.312. The van der Waals surface area contributed by atoms with Crippen LogP contribution in [-0.2, 0) is 10.2 Å². The van der Waals surface area contributed by atoms with Crippen LogP contribution in [0.15, 0.2) is 75.4 Å². The Kier molecular flexibility index (Phi) is 4.97. The number of carbonyl (C=O) groups is 1. The predicted molar refractivity (Wildman–Crippen MR) is 133 cm³/mol. The fraction of sp³-hybridized carbons (Fsp3) is 0.241. The van der Waals surface area contributed by atoms with Crippen molar-refractivity contribution < 1.29 is 14.3 Å². The number of hydrogen-bond donors (Lipinski definition) is 1. The number of benzene rings is 3. The Bertz CT molecular complexity index is 1460. The quantitative estimate of drug-likeness (QED) is 0.351. The number of allylic oxidation sites excluding steroid dienone is 1. The largest absolute Gasteiger partial charge is 0.507 e. The van der Waals surface area contributed by atoms with E-state index in [0.717, 1.165) is 27.1 Å². The van der Waals surface area contributed by atoms with E-state index in [-0.39, 0.29) is 28.3 Å². The minimum atomic E-state index is -0.970. The van der Waals surface area contributed by atoms with Crippen molar-refractivity contribution >= 4 is 33.1 Å². The highest BCUT2D eigenvalue weighted by atomic mass is 16.3. The fourth-order valence-electron chi connectivity index (χ4n) is 5.33. The van der Waals surface area contributed by atoms with Crippen LogP contribution in [0.2, 0.25) is 0 Å². The highest BCUT2D eigenvalue weighted by molar-refractivity contribution is 6.13. The van der Waals surface area contributed by atoms with Gasteiger partial charge in [0.15, 0.2) is 11.2 Å². The summed E-state index contributed by atoms with van der Waals surface area (Å²) in [6.45, 7) is 5.68. The number of carbonyl (C=O) groups excluding carboxylic acids is 1. The molecule has 1 aromatic heterocycles. The molecular weight excluding hydrogens is 412 g/mol. The van der Waals surface area contributed by atoms with Crippen molar-refractivity contribution in [2.45, 2.75) is 45.4 Å². The zero-order valence-corrected chi connectivity index (χ0v) is 19.1. The molecule has 0 saturated heterocycles. The topological polar surface area (TPSA) is 67.5 Å². The highest BCUT2D eigenvalue weighted by Gasteiger charge is 2.48. The molecule has 4 nitrogen and oxygen atoms in total. The van der Waals surface area contributed by atoms with E-state index in [2.05, 4.69) is 6.07 Å². The van der Waals surface area contributed by atoms with Crippen LogP contribution in [0.4, 0.5) is 0 Å². The molecule has 1 aliphatic carbocycles. The monoisotopic (exact) mass is 438 g/mol. The average molecular weight is 439 g/mol. The minimum absolute atomic E-state index is 0.128. The zero-order valence-electron chi connectivity index (χ0n) is 19.1. The average Bonchev–Trinajstić information content (AvgIpc) is 2.83. The van der Waals surface area contributed by atoms with E-state index in [0.29, 0.717) is 30.6 Å². The number of fused-ring (bicyclic) bond motifs is 3. The van der Waals surface area contributed by atoms with E-state index in [1.54, 1.807) is 0 Å². The van der Waals surface area contributed by atoms with Gasteiger partial charge in [-0.15, -0.1) is 0 Å². The molecule has 1 N–H and O–H groups in total. The number of aliphatic hydroxyl groups is 1. The third kappa shape index (κ3) is 2.90. The molecule has 4 aromatic rings. The smallest absolute Gasteiger partial charge is 0.196 e. The lowest BCUT2D eigenvalue weighted by Crippen LogP contribution is -2.41. The normalized spacial score (nSPS) is 15.3. The van der Waals surface area contributed by atoms with E-state index in [1.807, 2.05) is 69.3 Å². The van der Waals surface area contributed by atoms with Crippen LogP contribution in [0.5, 0.6) is 0 Å². The standard InChI is InChI=1S/C29H26O4/c1-4-19-26(31)25-22(30)16-23(33-28(25)29(5-2,6-3)27(19)32)24-20-13-9-7-11-17(20)15-18-12-8-10-14-21(18)24/h7-16,31H,4-6H2,1-3H3. The second kappa shape index (κ2) is 7.73. The van der Waals surface area contributed by atoms with Crippen LogP contribution in [-0.4, -0.2) is 10.9 Å². The van der Waals surface area contributed by atoms with Crippen molar-refractivity contribution in [3.8, 4) is 11.3 Å². The molecular formula is C29H26O4. The van der Waals surface area contributed by atoms with Gasteiger partial charge in [-0.25, -0.2) is 0 Å². The molecule has 0 radical (unpaired) electrons. The van der Waals surface area contributed by atoms with Gasteiger partial charge in [0.25, 0.3) is 0 Å². The summed E-state index contributed by atoms with van der Waals surface area (Å²) in [4.78, 5) is 27.0. The van der Waals surface area contributed by atoms with Gasteiger partial charge in [-0.05, 0) is 46.9 Å². The van der Waals surface area contributed by atoms with Gasteiger partial charge in [0.05, 0.1) is 5.41 Å². The molecule has 0 aliphatic heterocycles. The Morgan fingerprint density at radius 1 is 0.818 bits per heavy atom. The molecule has 0 bridgehead atoms. The molecule has 0 fully saturated rings. The maximum Gasteiger partial charge on any atom is 0.196 e. The Morgan fingerprint density at radius 2 is 1.39 bits per heavy atom. The lowest BCUT2D eigenvalue weighted by atomic mass is 9.68. The summed E-state index contributed by atoms with van der Waals surface area (Å²) in [5, 5.41) is 14.9. The Morgan fingerprint density at radius 3 is 1.94 bits per heavy atom. The zero-order chi connectivity index (χ0) is 23.3. The third-order valence-corrected chi connectivity index (χ3v) is 7.19. The minimum Gasteiger partial charge on any atom is -0.507 e. The summed E-state index contributed by atoms with van der Waals surface area (Å²) in [6.07, 6.45) is 1.32. The van der Waals surface area contributed by atoms with Crippen LogP contribution in [0, 0.1) is 0 Å². The van der Waals surface area contributed by atoms with E-state index in [4.69, 9.17) is 4.42 Å². The number of ketones is 1. The van der Waals surface area contributed by atoms with E-state index in [1.165, 1.54) is 6.07 Å². The first kappa shape index (κ1) is 21.2.